The Bertz CT molecular complexity index is 64.0. The zero-order chi connectivity index (χ0) is 3.54. The van der Waals surface area contributed by atoms with Gasteiger partial charge in [0.25, 0.3) is 0 Å². The summed E-state index contributed by atoms with van der Waals surface area (Å²) in [6.45, 7) is 0. The molecule has 1 aromatic rings. The van der Waals surface area contributed by atoms with Crippen LogP contribution in [0.2, 0.25) is 0 Å². The van der Waals surface area contributed by atoms with Gasteiger partial charge in [-0.25, -0.2) is 0 Å². The predicted octanol–water partition coefficient (Wildman–Crippen LogP) is 0.756. The molecule has 0 aliphatic carbocycles. The molecule has 0 aliphatic rings. The SMILES string of the molecule is [H+].c1cc[n-]c1. The fourth-order valence-corrected chi connectivity index (χ4v) is 0.248. The molecule has 1 aromatic heterocycles. The van der Waals surface area contributed by atoms with Crippen molar-refractivity contribution < 1.29 is 1.43 Å². The van der Waals surface area contributed by atoms with Crippen LogP contribution >= 0.6 is 0 Å². The molecule has 0 saturated heterocycles. The summed E-state index contributed by atoms with van der Waals surface area (Å²) in [5.74, 6) is 0. The molecule has 0 N–H and O–H groups in total. The minimum atomic E-state index is 0. The molecule has 0 aromatic carbocycles. The fraction of sp³-hybridized carbons (Fsp3) is 0. The first-order chi connectivity index (χ1) is 2.50. The van der Waals surface area contributed by atoms with Crippen molar-refractivity contribution in [3.63, 3.8) is 0 Å². The minimum Gasteiger partial charge on any atom is -0.670 e. The molecular weight excluding hydrogens is 62.1 g/mol. The van der Waals surface area contributed by atoms with Gasteiger partial charge in [0.2, 0.25) is 0 Å². The lowest BCUT2D eigenvalue weighted by atomic mass is 10.7. The van der Waals surface area contributed by atoms with Crippen LogP contribution in [0.1, 0.15) is 1.43 Å². The molecule has 0 bridgehead atoms. The van der Waals surface area contributed by atoms with Crippen molar-refractivity contribution >= 4 is 0 Å². The van der Waals surface area contributed by atoms with Crippen molar-refractivity contribution in [2.24, 2.45) is 0 Å². The van der Waals surface area contributed by atoms with Gasteiger partial charge in [0.15, 0.2) is 0 Å². The van der Waals surface area contributed by atoms with Gasteiger partial charge in [-0.15, -0.1) is 0 Å². The van der Waals surface area contributed by atoms with E-state index in [0.717, 1.165) is 0 Å². The Morgan fingerprint density at radius 3 is 2.00 bits per heavy atom. The van der Waals surface area contributed by atoms with Crippen LogP contribution in [0.15, 0.2) is 24.5 Å². The number of nitrogens with zero attached hydrogens (tertiary/aromatic N) is 1. The van der Waals surface area contributed by atoms with E-state index in [0.29, 0.717) is 0 Å². The van der Waals surface area contributed by atoms with E-state index >= 15 is 0 Å². The predicted molar refractivity (Wildman–Crippen MR) is 20.9 cm³/mol. The number of hydrogen-bond donors (Lipinski definition) is 0. The van der Waals surface area contributed by atoms with Crippen molar-refractivity contribution in [2.75, 3.05) is 0 Å². The van der Waals surface area contributed by atoms with E-state index in [-0.39, 0.29) is 1.43 Å². The molecule has 0 spiro atoms. The maximum atomic E-state index is 3.72. The summed E-state index contributed by atoms with van der Waals surface area (Å²) >= 11 is 0. The van der Waals surface area contributed by atoms with Crippen LogP contribution < -0.4 is 4.98 Å². The van der Waals surface area contributed by atoms with Crippen molar-refractivity contribution in [1.82, 2.24) is 4.98 Å². The molecule has 0 aliphatic heterocycles. The van der Waals surface area contributed by atoms with Gasteiger partial charge >= 0.3 is 1.43 Å². The van der Waals surface area contributed by atoms with Gasteiger partial charge in [-0.1, -0.05) is 12.1 Å². The maximum Gasteiger partial charge on any atom is 1.00 e. The van der Waals surface area contributed by atoms with Crippen LogP contribution in [0.3, 0.4) is 0 Å². The van der Waals surface area contributed by atoms with Crippen molar-refractivity contribution in [1.29, 1.82) is 0 Å². The normalized spacial score (nSPS) is 8.00. The lowest BCUT2D eigenvalue weighted by Crippen LogP contribution is -1.47. The Morgan fingerprint density at radius 2 is 1.80 bits per heavy atom. The number of rotatable bonds is 0. The molecule has 1 rings (SSSR count). The zero-order valence-corrected chi connectivity index (χ0v) is 2.76. The first-order valence-corrected chi connectivity index (χ1v) is 1.52. The molecule has 1 heterocycles. The lowest BCUT2D eigenvalue weighted by Gasteiger charge is -1.72. The quantitative estimate of drug-likeness (QED) is 0.437. The molecule has 0 amide bonds. The average molecular weight is 67.1 g/mol. The van der Waals surface area contributed by atoms with Crippen molar-refractivity contribution in [3.8, 4) is 0 Å². The van der Waals surface area contributed by atoms with Gasteiger partial charge < -0.3 is 4.98 Å². The van der Waals surface area contributed by atoms with Gasteiger partial charge in [-0.05, 0) is 0 Å². The summed E-state index contributed by atoms with van der Waals surface area (Å²) in [5, 5.41) is 0. The van der Waals surface area contributed by atoms with E-state index in [9.17, 15) is 0 Å². The van der Waals surface area contributed by atoms with Crippen LogP contribution in [-0.4, -0.2) is 0 Å². The minimum absolute atomic E-state index is 0. The van der Waals surface area contributed by atoms with Gasteiger partial charge in [0.1, 0.15) is 0 Å². The molecule has 5 heavy (non-hydrogen) atoms. The van der Waals surface area contributed by atoms with Crippen molar-refractivity contribution in [3.05, 3.63) is 24.5 Å². The van der Waals surface area contributed by atoms with E-state index in [1.54, 1.807) is 12.4 Å². The summed E-state index contributed by atoms with van der Waals surface area (Å²) in [4.78, 5) is 3.72. The van der Waals surface area contributed by atoms with Crippen molar-refractivity contribution in [2.45, 2.75) is 0 Å². The summed E-state index contributed by atoms with van der Waals surface area (Å²) in [6.07, 6.45) is 3.50. The summed E-state index contributed by atoms with van der Waals surface area (Å²) < 4.78 is 0. The fourth-order valence-electron chi connectivity index (χ4n) is 0.248. The third kappa shape index (κ3) is 0.293. The maximum absolute atomic E-state index is 3.72. The molecule has 0 radical (unpaired) electrons. The smallest absolute Gasteiger partial charge is 0.670 e. The Hall–Kier alpha value is -0.720. The van der Waals surface area contributed by atoms with E-state index in [2.05, 4.69) is 4.98 Å². The Labute approximate surface area is 32.1 Å². The average Bonchev–Trinajstić information content (AvgIpc) is 1.76. The van der Waals surface area contributed by atoms with E-state index in [4.69, 9.17) is 0 Å². The highest BCUT2D eigenvalue weighted by Crippen LogP contribution is 1.70. The van der Waals surface area contributed by atoms with Crippen LogP contribution in [-0.2, 0) is 0 Å². The Kier molecular flexibility index (Phi) is 0.468. The molecule has 0 atom stereocenters. The van der Waals surface area contributed by atoms with Crippen LogP contribution in [0.25, 0.3) is 0 Å². The molecule has 0 saturated carbocycles. The Morgan fingerprint density at radius 1 is 1.20 bits per heavy atom. The second kappa shape index (κ2) is 0.931. The molecular formula is C4H5N. The van der Waals surface area contributed by atoms with Gasteiger partial charge in [-0.3, -0.25) is 0 Å². The highest BCUT2D eigenvalue weighted by atomic mass is 14.6. The topological polar surface area (TPSA) is 14.1 Å². The van der Waals surface area contributed by atoms with Gasteiger partial charge in [0.05, 0.1) is 0 Å². The summed E-state index contributed by atoms with van der Waals surface area (Å²) in [7, 11) is 0. The summed E-state index contributed by atoms with van der Waals surface area (Å²) in [6, 6.07) is 3.78. The van der Waals surface area contributed by atoms with E-state index in [1.165, 1.54) is 0 Å². The lowest BCUT2D eigenvalue weighted by molar-refractivity contribution is 1.37. The zero-order valence-electron chi connectivity index (χ0n) is 3.76. The number of aromatic nitrogens is 1. The van der Waals surface area contributed by atoms with Gasteiger partial charge in [-0.2, -0.15) is 12.4 Å². The van der Waals surface area contributed by atoms with E-state index < -0.39 is 0 Å². The molecule has 26 valence electrons. The third-order valence-electron chi connectivity index (χ3n) is 0.455. The second-order valence-electron chi connectivity index (χ2n) is 0.832. The highest BCUT2D eigenvalue weighted by Gasteiger charge is 1.43. The van der Waals surface area contributed by atoms with Crippen LogP contribution in [0, 0.1) is 0 Å². The first-order valence-electron chi connectivity index (χ1n) is 1.52. The molecule has 1 heteroatoms. The molecule has 0 unspecified atom stereocenters. The molecule has 1 nitrogen and oxygen atoms in total. The first kappa shape index (κ1) is 2.51. The third-order valence-corrected chi connectivity index (χ3v) is 0.455. The largest absolute Gasteiger partial charge is 1.00 e. The van der Waals surface area contributed by atoms with Crippen LogP contribution in [0.4, 0.5) is 0 Å². The number of hydrogen-bond acceptors (Lipinski definition) is 0. The monoisotopic (exact) mass is 67.0 g/mol. The molecule has 0 fully saturated rings. The van der Waals surface area contributed by atoms with Crippen LogP contribution in [0.5, 0.6) is 0 Å². The Balaban J connectivity index is 0.000000250. The standard InChI is InChI=1S/C4H4N/c1-2-4-5-3-1/h1-4H/q-1/p+1. The second-order valence-corrected chi connectivity index (χ2v) is 0.832. The highest BCUT2D eigenvalue weighted by molar-refractivity contribution is 4.84. The summed E-state index contributed by atoms with van der Waals surface area (Å²) in [5.41, 5.74) is 0. The van der Waals surface area contributed by atoms with Gasteiger partial charge in [0, 0.05) is 0 Å². The van der Waals surface area contributed by atoms with E-state index in [1.807, 2.05) is 12.1 Å².